The molecule has 2 heterocycles. The van der Waals surface area contributed by atoms with E-state index in [2.05, 4.69) is 20.2 Å². The molecule has 2 aromatic carbocycles. The largest absolute Gasteiger partial charge is 0.496 e. The minimum atomic E-state index is -4.52. The molecule has 0 aliphatic heterocycles. The number of aromatic amines is 1. The van der Waals surface area contributed by atoms with E-state index in [1.54, 1.807) is 17.9 Å². The van der Waals surface area contributed by atoms with Gasteiger partial charge >= 0.3 is 6.18 Å². The first kappa shape index (κ1) is 22.3. The molecule has 0 aliphatic rings. The second-order valence-electron chi connectivity index (χ2n) is 6.95. The molecule has 1 N–H and O–H groups in total. The Bertz CT molecular complexity index is 1310. The summed E-state index contributed by atoms with van der Waals surface area (Å²) < 4.78 is 64.9. The van der Waals surface area contributed by atoms with Crippen LogP contribution in [0.4, 0.5) is 29.2 Å². The van der Waals surface area contributed by atoms with Crippen molar-refractivity contribution < 1.29 is 27.0 Å². The third kappa shape index (κ3) is 4.01. The van der Waals surface area contributed by atoms with Crippen LogP contribution in [-0.4, -0.2) is 40.9 Å². The first-order valence-electron chi connectivity index (χ1n) is 9.85. The van der Waals surface area contributed by atoms with Crippen molar-refractivity contribution in [3.05, 3.63) is 54.0 Å². The smallest absolute Gasteiger partial charge is 0.416 e. The van der Waals surface area contributed by atoms with Gasteiger partial charge in [0, 0.05) is 6.54 Å². The summed E-state index contributed by atoms with van der Waals surface area (Å²) in [5.74, 6) is -0.187. The van der Waals surface area contributed by atoms with Crippen molar-refractivity contribution in [1.82, 2.24) is 20.2 Å². The first-order chi connectivity index (χ1) is 15.8. The molecule has 0 aliphatic carbocycles. The van der Waals surface area contributed by atoms with Gasteiger partial charge in [0.05, 0.1) is 37.2 Å². The molecule has 0 saturated carbocycles. The van der Waals surface area contributed by atoms with Crippen LogP contribution in [0.5, 0.6) is 11.5 Å². The number of benzene rings is 2. The Morgan fingerprint density at radius 3 is 2.45 bits per heavy atom. The highest BCUT2D eigenvalue weighted by Crippen LogP contribution is 2.40. The fourth-order valence-electron chi connectivity index (χ4n) is 3.53. The highest BCUT2D eigenvalue weighted by molar-refractivity contribution is 5.92. The molecule has 0 unspecified atom stereocenters. The zero-order valence-electron chi connectivity index (χ0n) is 17.9. The van der Waals surface area contributed by atoms with Gasteiger partial charge in [0.1, 0.15) is 34.0 Å². The minimum Gasteiger partial charge on any atom is -0.496 e. The van der Waals surface area contributed by atoms with Crippen LogP contribution in [0, 0.1) is 5.82 Å². The van der Waals surface area contributed by atoms with Crippen molar-refractivity contribution in [2.45, 2.75) is 13.1 Å². The average molecular weight is 461 g/mol. The van der Waals surface area contributed by atoms with Crippen molar-refractivity contribution in [3.63, 3.8) is 0 Å². The van der Waals surface area contributed by atoms with Gasteiger partial charge in [-0.1, -0.05) is 6.07 Å². The number of fused-ring (bicyclic) bond motifs is 1. The summed E-state index contributed by atoms with van der Waals surface area (Å²) in [5, 5.41) is 6.76. The van der Waals surface area contributed by atoms with Gasteiger partial charge in [0.25, 0.3) is 0 Å². The Morgan fingerprint density at radius 2 is 1.79 bits per heavy atom. The van der Waals surface area contributed by atoms with Gasteiger partial charge in [-0.15, -0.1) is 0 Å². The van der Waals surface area contributed by atoms with Gasteiger partial charge in [-0.3, -0.25) is 5.10 Å². The van der Waals surface area contributed by atoms with Crippen LogP contribution >= 0.6 is 0 Å². The summed E-state index contributed by atoms with van der Waals surface area (Å²) >= 11 is 0. The van der Waals surface area contributed by atoms with Gasteiger partial charge in [0.15, 0.2) is 0 Å². The molecule has 0 amide bonds. The van der Waals surface area contributed by atoms with Crippen LogP contribution in [-0.2, 0) is 6.18 Å². The Labute approximate surface area is 186 Å². The van der Waals surface area contributed by atoms with Crippen molar-refractivity contribution in [2.75, 3.05) is 25.7 Å². The fraction of sp³-hybridized carbons (Fsp3) is 0.227. The zero-order valence-corrected chi connectivity index (χ0v) is 17.9. The lowest BCUT2D eigenvalue weighted by molar-refractivity contribution is -0.137. The van der Waals surface area contributed by atoms with Crippen molar-refractivity contribution in [2.24, 2.45) is 0 Å². The SMILES string of the molecule is CCN(c1nc(-c2c(F)cccc2OC)c2[nH]ncc2n1)c1ccc(C(F)(F)F)cc1OC. The maximum atomic E-state index is 14.9. The van der Waals surface area contributed by atoms with Gasteiger partial charge in [-0.2, -0.15) is 18.3 Å². The maximum absolute atomic E-state index is 14.9. The lowest BCUT2D eigenvalue weighted by Gasteiger charge is -2.24. The second kappa shape index (κ2) is 8.57. The van der Waals surface area contributed by atoms with Crippen molar-refractivity contribution >= 4 is 22.7 Å². The predicted octanol–water partition coefficient (Wildman–Crippen LogP) is 5.35. The Morgan fingerprint density at radius 1 is 1.03 bits per heavy atom. The normalized spacial score (nSPS) is 11.6. The lowest BCUT2D eigenvalue weighted by Crippen LogP contribution is -2.20. The summed E-state index contributed by atoms with van der Waals surface area (Å²) in [6, 6.07) is 7.54. The number of ether oxygens (including phenoxy) is 2. The molecule has 2 aromatic heterocycles. The number of aromatic nitrogens is 4. The summed E-state index contributed by atoms with van der Waals surface area (Å²) in [5.41, 5.74) is 0.562. The number of alkyl halides is 3. The van der Waals surface area contributed by atoms with E-state index in [9.17, 15) is 17.6 Å². The molecule has 0 atom stereocenters. The van der Waals surface area contributed by atoms with Crippen LogP contribution in [0.1, 0.15) is 12.5 Å². The number of nitrogens with one attached hydrogen (secondary N) is 1. The van der Waals surface area contributed by atoms with Crippen LogP contribution in [0.25, 0.3) is 22.3 Å². The molecule has 4 rings (SSSR count). The van der Waals surface area contributed by atoms with E-state index >= 15 is 0 Å². The first-order valence-corrected chi connectivity index (χ1v) is 9.85. The van der Waals surface area contributed by atoms with Crippen molar-refractivity contribution in [1.29, 1.82) is 0 Å². The molecule has 7 nitrogen and oxygen atoms in total. The van der Waals surface area contributed by atoms with E-state index in [1.807, 2.05) is 0 Å². The van der Waals surface area contributed by atoms with Gasteiger partial charge < -0.3 is 14.4 Å². The van der Waals surface area contributed by atoms with E-state index in [0.717, 1.165) is 12.1 Å². The number of hydrogen-bond acceptors (Lipinski definition) is 6. The van der Waals surface area contributed by atoms with Gasteiger partial charge in [0.2, 0.25) is 5.95 Å². The second-order valence-corrected chi connectivity index (χ2v) is 6.95. The van der Waals surface area contributed by atoms with E-state index in [-0.39, 0.29) is 28.7 Å². The number of anilines is 2. The molecule has 172 valence electrons. The molecule has 0 saturated heterocycles. The topological polar surface area (TPSA) is 76.2 Å². The zero-order chi connectivity index (χ0) is 23.8. The Kier molecular flexibility index (Phi) is 5.79. The Balaban J connectivity index is 1.92. The fourth-order valence-corrected chi connectivity index (χ4v) is 3.53. The standard InChI is InChI=1S/C22H19F4N5O2/c1-4-31(15-9-8-12(22(24,25)26)10-17(15)33-3)21-28-14-11-27-30-19(14)20(29-21)18-13(23)6-5-7-16(18)32-2/h5-11H,4H2,1-3H3,(H,27,30). The summed E-state index contributed by atoms with van der Waals surface area (Å²) in [6.07, 6.45) is -3.07. The monoisotopic (exact) mass is 461 g/mol. The number of H-pyrrole nitrogens is 1. The quantitative estimate of drug-likeness (QED) is 0.390. The van der Waals surface area contributed by atoms with E-state index in [4.69, 9.17) is 9.47 Å². The molecule has 4 aromatic rings. The lowest BCUT2D eigenvalue weighted by atomic mass is 10.1. The van der Waals surface area contributed by atoms with Gasteiger partial charge in [-0.05, 0) is 37.3 Å². The predicted molar refractivity (Wildman–Crippen MR) is 114 cm³/mol. The van der Waals surface area contributed by atoms with Crippen LogP contribution in [0.2, 0.25) is 0 Å². The van der Waals surface area contributed by atoms with E-state index in [1.165, 1.54) is 38.6 Å². The average Bonchev–Trinajstić information content (AvgIpc) is 3.27. The molecule has 33 heavy (non-hydrogen) atoms. The molecule has 0 radical (unpaired) electrons. The molecule has 0 spiro atoms. The number of halogens is 4. The Hall–Kier alpha value is -3.89. The highest BCUT2D eigenvalue weighted by Gasteiger charge is 2.32. The van der Waals surface area contributed by atoms with Crippen LogP contribution in [0.3, 0.4) is 0 Å². The number of rotatable bonds is 6. The number of hydrogen-bond donors (Lipinski definition) is 1. The molecular formula is C22H19F4N5O2. The van der Waals surface area contributed by atoms with Crippen LogP contribution in [0.15, 0.2) is 42.6 Å². The number of methoxy groups -OCH3 is 2. The van der Waals surface area contributed by atoms with E-state index < -0.39 is 17.6 Å². The maximum Gasteiger partial charge on any atom is 0.416 e. The molecular weight excluding hydrogens is 442 g/mol. The molecule has 0 bridgehead atoms. The minimum absolute atomic E-state index is 0.00686. The van der Waals surface area contributed by atoms with Crippen molar-refractivity contribution in [3.8, 4) is 22.8 Å². The van der Waals surface area contributed by atoms with Crippen LogP contribution < -0.4 is 14.4 Å². The third-order valence-electron chi connectivity index (χ3n) is 5.08. The molecule has 0 fully saturated rings. The summed E-state index contributed by atoms with van der Waals surface area (Å²) in [6.45, 7) is 2.07. The third-order valence-corrected chi connectivity index (χ3v) is 5.08. The van der Waals surface area contributed by atoms with Gasteiger partial charge in [-0.25, -0.2) is 14.4 Å². The van der Waals surface area contributed by atoms with E-state index in [0.29, 0.717) is 23.3 Å². The number of nitrogens with zero attached hydrogens (tertiary/aromatic N) is 4. The summed E-state index contributed by atoms with van der Waals surface area (Å²) in [4.78, 5) is 10.6. The highest BCUT2D eigenvalue weighted by atomic mass is 19.4. The molecule has 11 heteroatoms. The summed E-state index contributed by atoms with van der Waals surface area (Å²) in [7, 11) is 2.69.